The lowest BCUT2D eigenvalue weighted by Crippen LogP contribution is -2.09. The van der Waals surface area contributed by atoms with Gasteiger partial charge in [-0.05, 0) is 30.7 Å². The van der Waals surface area contributed by atoms with Crippen LogP contribution in [0, 0.1) is 11.8 Å². The molecule has 0 saturated heterocycles. The van der Waals surface area contributed by atoms with Crippen LogP contribution in [0.25, 0.3) is 0 Å². The molecule has 1 heterocycles. The topological polar surface area (TPSA) is 43.8 Å². The van der Waals surface area contributed by atoms with Crippen molar-refractivity contribution in [2.75, 3.05) is 5.73 Å². The molecule has 3 nitrogen and oxygen atoms in total. The van der Waals surface area contributed by atoms with Crippen LogP contribution in [0.4, 0.5) is 5.82 Å². The quantitative estimate of drug-likeness (QED) is 0.737. The van der Waals surface area contributed by atoms with Gasteiger partial charge < -0.3 is 5.73 Å². The molecule has 1 aromatic rings. The van der Waals surface area contributed by atoms with Crippen molar-refractivity contribution in [1.82, 2.24) is 9.78 Å². The molecule has 0 spiro atoms. The van der Waals surface area contributed by atoms with Crippen LogP contribution < -0.4 is 5.73 Å². The Morgan fingerprint density at radius 1 is 1.75 bits per heavy atom. The second kappa shape index (κ2) is 2.81. The Morgan fingerprint density at radius 2 is 2.50 bits per heavy atom. The molecule has 1 aliphatic carbocycles. The molecule has 1 fully saturated rings. The molecule has 1 aliphatic rings. The average Bonchev–Trinajstić information content (AvgIpc) is 2.78. The maximum Gasteiger partial charge on any atom is 0.145 e. The first-order chi connectivity index (χ1) is 5.75. The Labute approximate surface area is 72.6 Å². The molecular weight excluding hydrogens is 150 g/mol. The molecule has 0 aliphatic heterocycles. The highest BCUT2D eigenvalue weighted by Gasteiger charge is 2.27. The minimum absolute atomic E-state index is 0.623. The number of aromatic nitrogens is 2. The predicted molar refractivity (Wildman–Crippen MR) is 48.5 cm³/mol. The van der Waals surface area contributed by atoms with Crippen molar-refractivity contribution >= 4 is 5.82 Å². The summed E-state index contributed by atoms with van der Waals surface area (Å²) in [5, 5.41) is 4.16. The fourth-order valence-corrected chi connectivity index (χ4v) is 1.59. The highest BCUT2D eigenvalue weighted by Crippen LogP contribution is 2.37. The van der Waals surface area contributed by atoms with Crippen molar-refractivity contribution in [3.8, 4) is 0 Å². The SMILES string of the molecule is CC(Cn1ccc(N)n1)C1CC1. The van der Waals surface area contributed by atoms with E-state index in [2.05, 4.69) is 12.0 Å². The molecule has 1 unspecified atom stereocenters. The number of hydrogen-bond donors (Lipinski definition) is 1. The van der Waals surface area contributed by atoms with Gasteiger partial charge in [0.15, 0.2) is 0 Å². The summed E-state index contributed by atoms with van der Waals surface area (Å²) in [7, 11) is 0. The Morgan fingerprint density at radius 3 is 3.00 bits per heavy atom. The van der Waals surface area contributed by atoms with E-state index in [1.807, 2.05) is 16.9 Å². The van der Waals surface area contributed by atoms with E-state index in [-0.39, 0.29) is 0 Å². The van der Waals surface area contributed by atoms with Crippen LogP contribution in [-0.4, -0.2) is 9.78 Å². The van der Waals surface area contributed by atoms with E-state index in [1.54, 1.807) is 0 Å². The molecule has 66 valence electrons. The van der Waals surface area contributed by atoms with E-state index in [0.29, 0.717) is 5.82 Å². The largest absolute Gasteiger partial charge is 0.382 e. The molecule has 0 bridgehead atoms. The number of rotatable bonds is 3. The third-order valence-corrected chi connectivity index (χ3v) is 2.56. The predicted octanol–water partition coefficient (Wildman–Crippen LogP) is 1.51. The molecule has 12 heavy (non-hydrogen) atoms. The molecular formula is C9H15N3. The normalized spacial score (nSPS) is 19.4. The van der Waals surface area contributed by atoms with Crippen molar-refractivity contribution in [1.29, 1.82) is 0 Å². The fraction of sp³-hybridized carbons (Fsp3) is 0.667. The van der Waals surface area contributed by atoms with Gasteiger partial charge in [0.1, 0.15) is 5.82 Å². The van der Waals surface area contributed by atoms with Gasteiger partial charge in [0, 0.05) is 12.7 Å². The van der Waals surface area contributed by atoms with Gasteiger partial charge in [-0.3, -0.25) is 4.68 Å². The van der Waals surface area contributed by atoms with Crippen LogP contribution in [0.5, 0.6) is 0 Å². The van der Waals surface area contributed by atoms with E-state index in [9.17, 15) is 0 Å². The number of hydrogen-bond acceptors (Lipinski definition) is 2. The Bertz CT molecular complexity index is 262. The minimum Gasteiger partial charge on any atom is -0.382 e. The zero-order valence-corrected chi connectivity index (χ0v) is 7.40. The summed E-state index contributed by atoms with van der Waals surface area (Å²) >= 11 is 0. The zero-order chi connectivity index (χ0) is 8.55. The van der Waals surface area contributed by atoms with E-state index in [4.69, 9.17) is 5.73 Å². The van der Waals surface area contributed by atoms with Crippen molar-refractivity contribution in [3.63, 3.8) is 0 Å². The Balaban J connectivity index is 1.93. The molecule has 2 N–H and O–H groups in total. The standard InChI is InChI=1S/C9H15N3/c1-7(8-2-3-8)6-12-5-4-9(10)11-12/h4-5,7-8H,2-3,6H2,1H3,(H2,10,11). The number of anilines is 1. The van der Waals surface area contributed by atoms with Crippen molar-refractivity contribution in [2.24, 2.45) is 11.8 Å². The summed E-state index contributed by atoms with van der Waals surface area (Å²) in [4.78, 5) is 0. The maximum absolute atomic E-state index is 5.51. The smallest absolute Gasteiger partial charge is 0.145 e. The highest BCUT2D eigenvalue weighted by atomic mass is 15.3. The van der Waals surface area contributed by atoms with Crippen LogP contribution in [-0.2, 0) is 6.54 Å². The lowest BCUT2D eigenvalue weighted by Gasteiger charge is -2.08. The van der Waals surface area contributed by atoms with Gasteiger partial charge in [-0.15, -0.1) is 0 Å². The molecule has 0 amide bonds. The first-order valence-electron chi connectivity index (χ1n) is 4.54. The number of nitrogens with zero attached hydrogens (tertiary/aromatic N) is 2. The Hall–Kier alpha value is -0.990. The molecule has 1 atom stereocenters. The summed E-state index contributed by atoms with van der Waals surface area (Å²) < 4.78 is 1.94. The molecule has 0 aromatic carbocycles. The lowest BCUT2D eigenvalue weighted by molar-refractivity contribution is 0.407. The third-order valence-electron chi connectivity index (χ3n) is 2.56. The summed E-state index contributed by atoms with van der Waals surface area (Å²) in [5.74, 6) is 2.32. The van der Waals surface area contributed by atoms with E-state index < -0.39 is 0 Å². The maximum atomic E-state index is 5.51. The summed E-state index contributed by atoms with van der Waals surface area (Å²) in [5.41, 5.74) is 5.51. The van der Waals surface area contributed by atoms with Crippen molar-refractivity contribution in [3.05, 3.63) is 12.3 Å². The van der Waals surface area contributed by atoms with Gasteiger partial charge in [-0.25, -0.2) is 0 Å². The van der Waals surface area contributed by atoms with Crippen LogP contribution in [0.1, 0.15) is 19.8 Å². The highest BCUT2D eigenvalue weighted by molar-refractivity contribution is 5.23. The molecule has 2 rings (SSSR count). The van der Waals surface area contributed by atoms with Crippen molar-refractivity contribution in [2.45, 2.75) is 26.3 Å². The van der Waals surface area contributed by atoms with Gasteiger partial charge in [0.05, 0.1) is 0 Å². The lowest BCUT2D eigenvalue weighted by atomic mass is 10.1. The minimum atomic E-state index is 0.623. The van der Waals surface area contributed by atoms with Gasteiger partial charge in [-0.2, -0.15) is 5.10 Å². The van der Waals surface area contributed by atoms with Crippen LogP contribution in [0.15, 0.2) is 12.3 Å². The van der Waals surface area contributed by atoms with E-state index >= 15 is 0 Å². The van der Waals surface area contributed by atoms with Crippen molar-refractivity contribution < 1.29 is 0 Å². The van der Waals surface area contributed by atoms with E-state index in [1.165, 1.54) is 12.8 Å². The third kappa shape index (κ3) is 1.60. The first-order valence-corrected chi connectivity index (χ1v) is 4.54. The summed E-state index contributed by atoms with van der Waals surface area (Å²) in [6.45, 7) is 3.30. The Kier molecular flexibility index (Phi) is 1.79. The second-order valence-electron chi connectivity index (χ2n) is 3.78. The zero-order valence-electron chi connectivity index (χ0n) is 7.40. The van der Waals surface area contributed by atoms with Crippen LogP contribution in [0.2, 0.25) is 0 Å². The summed E-state index contributed by atoms with van der Waals surface area (Å²) in [6, 6.07) is 1.85. The number of nitrogens with two attached hydrogens (primary N) is 1. The molecule has 0 radical (unpaired) electrons. The molecule has 3 heteroatoms. The fourth-order valence-electron chi connectivity index (χ4n) is 1.59. The monoisotopic (exact) mass is 165 g/mol. The first kappa shape index (κ1) is 7.65. The summed E-state index contributed by atoms with van der Waals surface area (Å²) in [6.07, 6.45) is 4.75. The average molecular weight is 165 g/mol. The van der Waals surface area contributed by atoms with Crippen LogP contribution in [0.3, 0.4) is 0 Å². The molecule has 1 saturated carbocycles. The van der Waals surface area contributed by atoms with Crippen LogP contribution >= 0.6 is 0 Å². The van der Waals surface area contributed by atoms with Gasteiger partial charge in [0.25, 0.3) is 0 Å². The second-order valence-corrected chi connectivity index (χ2v) is 3.78. The van der Waals surface area contributed by atoms with Gasteiger partial charge >= 0.3 is 0 Å². The van der Waals surface area contributed by atoms with Gasteiger partial charge in [0.2, 0.25) is 0 Å². The van der Waals surface area contributed by atoms with Gasteiger partial charge in [-0.1, -0.05) is 6.92 Å². The van der Waals surface area contributed by atoms with E-state index in [0.717, 1.165) is 18.4 Å². The molecule has 1 aromatic heterocycles. The number of nitrogen functional groups attached to an aromatic ring is 1.